The lowest BCUT2D eigenvalue weighted by Crippen LogP contribution is -2.45. The zero-order valence-corrected chi connectivity index (χ0v) is 12.6. The number of aliphatic hydroxyl groups excluding tert-OH is 1. The number of aliphatic hydroxyl groups is 1. The summed E-state index contributed by atoms with van der Waals surface area (Å²) in [5.74, 6) is 0.119. The summed E-state index contributed by atoms with van der Waals surface area (Å²) in [4.78, 5) is 24.2. The lowest BCUT2D eigenvalue weighted by molar-refractivity contribution is 0.219. The Morgan fingerprint density at radius 1 is 1.35 bits per heavy atom. The zero-order valence-electron chi connectivity index (χ0n) is 12.6. The molecule has 1 unspecified atom stereocenters. The van der Waals surface area contributed by atoms with Crippen LogP contribution in [0.2, 0.25) is 0 Å². The third-order valence-corrected chi connectivity index (χ3v) is 3.59. The monoisotopic (exact) mass is 284 g/mol. The Bertz CT molecular complexity index is 585. The van der Waals surface area contributed by atoms with Gasteiger partial charge in [-0.2, -0.15) is 0 Å². The fraction of sp³-hybridized carbons (Fsp3) is 0.692. The van der Waals surface area contributed by atoms with Crippen molar-refractivity contribution in [1.82, 2.24) is 9.13 Å². The van der Waals surface area contributed by atoms with E-state index in [2.05, 4.69) is 5.32 Å². The molecule has 7 nitrogen and oxygen atoms in total. The van der Waals surface area contributed by atoms with Gasteiger partial charge in [-0.05, 0) is 19.8 Å². The summed E-state index contributed by atoms with van der Waals surface area (Å²) in [5, 5.41) is 12.4. The molecule has 0 spiro atoms. The van der Waals surface area contributed by atoms with E-state index in [-0.39, 0.29) is 18.1 Å². The molecule has 0 amide bonds. The topological polar surface area (TPSA) is 102 Å². The number of nitrogen functional groups attached to an aromatic ring is 1. The lowest BCUT2D eigenvalue weighted by Gasteiger charge is -2.29. The number of aromatic nitrogens is 2. The van der Waals surface area contributed by atoms with Gasteiger partial charge in [0.15, 0.2) is 0 Å². The molecule has 1 heterocycles. The predicted octanol–water partition coefficient (Wildman–Crippen LogP) is 0.112. The van der Waals surface area contributed by atoms with Crippen LogP contribution in [-0.4, -0.2) is 26.4 Å². The minimum atomic E-state index is -0.658. The fourth-order valence-corrected chi connectivity index (χ4v) is 1.88. The lowest BCUT2D eigenvalue weighted by atomic mass is 10.00. The van der Waals surface area contributed by atoms with Crippen molar-refractivity contribution < 1.29 is 5.11 Å². The van der Waals surface area contributed by atoms with Crippen molar-refractivity contribution in [2.45, 2.75) is 45.7 Å². The van der Waals surface area contributed by atoms with Gasteiger partial charge in [-0.1, -0.05) is 13.8 Å². The summed E-state index contributed by atoms with van der Waals surface area (Å²) in [6.07, 6.45) is 1.34. The third-order valence-electron chi connectivity index (χ3n) is 3.59. The molecule has 114 valence electrons. The predicted molar refractivity (Wildman–Crippen MR) is 80.1 cm³/mol. The first-order valence-electron chi connectivity index (χ1n) is 6.79. The Labute approximate surface area is 118 Å². The van der Waals surface area contributed by atoms with E-state index in [0.717, 1.165) is 11.0 Å². The number of hydrogen-bond acceptors (Lipinski definition) is 5. The number of nitrogens with zero attached hydrogens (tertiary/aromatic N) is 2. The summed E-state index contributed by atoms with van der Waals surface area (Å²) in [5.41, 5.74) is 4.56. The van der Waals surface area contributed by atoms with Gasteiger partial charge in [-0.25, -0.2) is 4.79 Å². The van der Waals surface area contributed by atoms with E-state index in [1.165, 1.54) is 11.6 Å². The molecule has 0 aliphatic heterocycles. The molecule has 0 aliphatic carbocycles. The van der Waals surface area contributed by atoms with Crippen molar-refractivity contribution in [3.05, 3.63) is 20.8 Å². The summed E-state index contributed by atoms with van der Waals surface area (Å²) >= 11 is 0. The minimum Gasteiger partial charge on any atom is -0.394 e. The van der Waals surface area contributed by atoms with E-state index in [0.29, 0.717) is 13.0 Å². The maximum absolute atomic E-state index is 12.2. The molecule has 0 fully saturated rings. The van der Waals surface area contributed by atoms with Crippen LogP contribution in [-0.2, 0) is 13.6 Å². The van der Waals surface area contributed by atoms with E-state index in [1.807, 2.05) is 13.8 Å². The molecule has 0 bridgehead atoms. The van der Waals surface area contributed by atoms with E-state index in [1.54, 1.807) is 6.92 Å². The Morgan fingerprint density at radius 3 is 2.40 bits per heavy atom. The van der Waals surface area contributed by atoms with E-state index in [9.17, 15) is 14.7 Å². The van der Waals surface area contributed by atoms with Crippen LogP contribution in [0.15, 0.2) is 9.59 Å². The number of anilines is 2. The highest BCUT2D eigenvalue weighted by Crippen LogP contribution is 2.19. The van der Waals surface area contributed by atoms with E-state index in [4.69, 9.17) is 5.73 Å². The fourth-order valence-electron chi connectivity index (χ4n) is 1.88. The maximum Gasteiger partial charge on any atom is 0.332 e. The van der Waals surface area contributed by atoms with Gasteiger partial charge in [0, 0.05) is 13.6 Å². The Kier molecular flexibility index (Phi) is 4.99. The molecule has 0 saturated carbocycles. The second-order valence-corrected chi connectivity index (χ2v) is 5.26. The van der Waals surface area contributed by atoms with Crippen molar-refractivity contribution in [1.29, 1.82) is 0 Å². The van der Waals surface area contributed by atoms with Crippen LogP contribution in [0, 0.1) is 0 Å². The zero-order chi connectivity index (χ0) is 15.5. The van der Waals surface area contributed by atoms with E-state index >= 15 is 0 Å². The van der Waals surface area contributed by atoms with Crippen molar-refractivity contribution in [2.75, 3.05) is 17.7 Å². The average molecular weight is 284 g/mol. The second-order valence-electron chi connectivity index (χ2n) is 5.26. The molecule has 4 N–H and O–H groups in total. The summed E-state index contributed by atoms with van der Waals surface area (Å²) in [7, 11) is 1.42. The van der Waals surface area contributed by atoms with Crippen LogP contribution < -0.4 is 22.3 Å². The van der Waals surface area contributed by atoms with Crippen LogP contribution in [0.5, 0.6) is 0 Å². The second kappa shape index (κ2) is 6.13. The SMILES string of the molecule is CCCn1c(N)c(NC(C)(CC)CO)c(=O)n(C)c1=O. The smallest absolute Gasteiger partial charge is 0.332 e. The summed E-state index contributed by atoms with van der Waals surface area (Å²) < 4.78 is 2.40. The molecular weight excluding hydrogens is 260 g/mol. The third kappa shape index (κ3) is 2.87. The number of hydrogen-bond donors (Lipinski definition) is 3. The Morgan fingerprint density at radius 2 is 1.95 bits per heavy atom. The van der Waals surface area contributed by atoms with Crippen molar-refractivity contribution in [3.8, 4) is 0 Å². The summed E-state index contributed by atoms with van der Waals surface area (Å²) in [6.45, 7) is 5.91. The summed E-state index contributed by atoms with van der Waals surface area (Å²) in [6, 6.07) is 0. The maximum atomic E-state index is 12.2. The van der Waals surface area contributed by atoms with Crippen molar-refractivity contribution in [3.63, 3.8) is 0 Å². The highest BCUT2D eigenvalue weighted by molar-refractivity contribution is 5.61. The van der Waals surface area contributed by atoms with E-state index < -0.39 is 16.8 Å². The van der Waals surface area contributed by atoms with Crippen LogP contribution in [0.4, 0.5) is 11.5 Å². The molecule has 20 heavy (non-hydrogen) atoms. The van der Waals surface area contributed by atoms with Gasteiger partial charge in [-0.3, -0.25) is 13.9 Å². The largest absolute Gasteiger partial charge is 0.394 e. The average Bonchev–Trinajstić information content (AvgIpc) is 2.46. The van der Waals surface area contributed by atoms with Crippen LogP contribution in [0.1, 0.15) is 33.6 Å². The Hall–Kier alpha value is -1.76. The standard InChI is InChI=1S/C13H24N4O3/c1-5-7-17-10(14)9(11(19)16(4)12(17)20)15-13(3,6-2)8-18/h15,18H,5-8,14H2,1-4H3. The molecule has 1 aromatic heterocycles. The first kappa shape index (κ1) is 16.3. The molecule has 7 heteroatoms. The highest BCUT2D eigenvalue weighted by atomic mass is 16.3. The molecule has 1 aromatic rings. The van der Waals surface area contributed by atoms with Gasteiger partial charge >= 0.3 is 5.69 Å². The normalized spacial score (nSPS) is 14.1. The molecule has 0 aliphatic rings. The van der Waals surface area contributed by atoms with Gasteiger partial charge in [0.2, 0.25) is 0 Å². The minimum absolute atomic E-state index is 0.119. The molecule has 1 rings (SSSR count). The quantitative estimate of drug-likeness (QED) is 0.688. The number of nitrogens with two attached hydrogens (primary N) is 1. The van der Waals surface area contributed by atoms with Gasteiger partial charge in [0.25, 0.3) is 5.56 Å². The molecule has 0 radical (unpaired) electrons. The highest BCUT2D eigenvalue weighted by Gasteiger charge is 2.25. The first-order valence-corrected chi connectivity index (χ1v) is 6.79. The van der Waals surface area contributed by atoms with Crippen molar-refractivity contribution in [2.24, 2.45) is 7.05 Å². The van der Waals surface area contributed by atoms with Gasteiger partial charge in [0.05, 0.1) is 12.1 Å². The molecule has 0 aromatic carbocycles. The van der Waals surface area contributed by atoms with Crippen molar-refractivity contribution >= 4 is 11.5 Å². The van der Waals surface area contributed by atoms with Crippen LogP contribution in [0.3, 0.4) is 0 Å². The Balaban J connectivity index is 3.48. The van der Waals surface area contributed by atoms with Gasteiger partial charge < -0.3 is 16.2 Å². The van der Waals surface area contributed by atoms with Crippen LogP contribution >= 0.6 is 0 Å². The molecule has 0 saturated heterocycles. The molecule has 1 atom stereocenters. The number of nitrogens with one attached hydrogen (secondary N) is 1. The number of rotatable bonds is 6. The van der Waals surface area contributed by atoms with Crippen LogP contribution in [0.25, 0.3) is 0 Å². The van der Waals surface area contributed by atoms with Gasteiger partial charge in [0.1, 0.15) is 11.5 Å². The first-order chi connectivity index (χ1) is 9.31. The molecular formula is C13H24N4O3. The van der Waals surface area contributed by atoms with Gasteiger partial charge in [-0.15, -0.1) is 0 Å².